The fraction of sp³-hybridized carbons (Fsp3) is 0.828. The number of fused-ring (bicyclic) bond motifs is 7. The summed E-state index contributed by atoms with van der Waals surface area (Å²) < 4.78 is 23.3. The fourth-order valence-corrected chi connectivity index (χ4v) is 9.87. The molecule has 3 heterocycles. The molecular formula is C29H40O12. The van der Waals surface area contributed by atoms with Crippen LogP contribution < -0.4 is 5.63 Å². The first kappa shape index (κ1) is 28.3. The summed E-state index contributed by atoms with van der Waals surface area (Å²) in [5, 5.41) is 77.6. The van der Waals surface area contributed by atoms with E-state index in [1.54, 1.807) is 6.07 Å². The molecule has 12 heteroatoms. The summed E-state index contributed by atoms with van der Waals surface area (Å²) in [6, 6.07) is 2.96. The van der Waals surface area contributed by atoms with Crippen molar-refractivity contribution >= 4 is 0 Å². The molecule has 12 nitrogen and oxygen atoms in total. The Morgan fingerprint density at radius 3 is 2.37 bits per heavy atom. The van der Waals surface area contributed by atoms with E-state index in [1.807, 2.05) is 6.92 Å². The van der Waals surface area contributed by atoms with E-state index in [0.29, 0.717) is 37.7 Å². The Morgan fingerprint density at radius 1 is 0.927 bits per heavy atom. The van der Waals surface area contributed by atoms with E-state index in [-0.39, 0.29) is 24.9 Å². The molecule has 1 aromatic heterocycles. The number of ether oxygens (including phenoxy) is 3. The molecule has 15 unspecified atom stereocenters. The number of hydrogen-bond donors (Lipinski definition) is 7. The molecule has 15 atom stereocenters. The van der Waals surface area contributed by atoms with Gasteiger partial charge in [0, 0.05) is 23.8 Å². The Balaban J connectivity index is 1.23. The topological polar surface area (TPSA) is 203 Å². The van der Waals surface area contributed by atoms with Gasteiger partial charge in [0.2, 0.25) is 0 Å². The molecule has 0 amide bonds. The zero-order valence-corrected chi connectivity index (χ0v) is 22.9. The van der Waals surface area contributed by atoms with Gasteiger partial charge in [-0.2, -0.15) is 0 Å². The summed E-state index contributed by atoms with van der Waals surface area (Å²) >= 11 is 0. The Kier molecular flexibility index (Phi) is 6.41. The Hall–Kier alpha value is -1.45. The van der Waals surface area contributed by atoms with Gasteiger partial charge in [0.05, 0.1) is 36.3 Å². The molecule has 6 aliphatic rings. The van der Waals surface area contributed by atoms with Crippen LogP contribution in [0.4, 0.5) is 0 Å². The van der Waals surface area contributed by atoms with Crippen molar-refractivity contribution in [1.29, 1.82) is 0 Å². The van der Waals surface area contributed by atoms with E-state index >= 15 is 0 Å². The van der Waals surface area contributed by atoms with Crippen molar-refractivity contribution in [3.8, 4) is 0 Å². The second-order valence-electron chi connectivity index (χ2n) is 13.5. The van der Waals surface area contributed by atoms with Gasteiger partial charge in [-0.25, -0.2) is 4.79 Å². The average Bonchev–Trinajstić information content (AvgIpc) is 3.70. The van der Waals surface area contributed by atoms with Crippen molar-refractivity contribution in [2.24, 2.45) is 17.3 Å². The summed E-state index contributed by atoms with van der Waals surface area (Å²) in [5.41, 5.74) is -4.72. The minimum absolute atomic E-state index is 0.105. The molecule has 0 aromatic carbocycles. The van der Waals surface area contributed by atoms with Crippen molar-refractivity contribution in [2.45, 2.75) is 124 Å². The Morgan fingerprint density at radius 2 is 1.66 bits per heavy atom. The number of rotatable bonds is 4. The van der Waals surface area contributed by atoms with Crippen molar-refractivity contribution < 1.29 is 54.4 Å². The lowest BCUT2D eigenvalue weighted by atomic mass is 9.45. The molecule has 2 saturated heterocycles. The second kappa shape index (κ2) is 9.28. The van der Waals surface area contributed by atoms with E-state index in [1.165, 1.54) is 12.3 Å². The number of aliphatic hydroxyl groups excluding tert-OH is 5. The zero-order valence-electron chi connectivity index (χ0n) is 22.9. The first-order valence-corrected chi connectivity index (χ1v) is 14.8. The van der Waals surface area contributed by atoms with Crippen molar-refractivity contribution in [2.75, 3.05) is 6.61 Å². The van der Waals surface area contributed by atoms with E-state index < -0.39 is 89.2 Å². The predicted octanol–water partition coefficient (Wildman–Crippen LogP) is -1.11. The molecule has 0 spiro atoms. The molecule has 6 fully saturated rings. The first-order chi connectivity index (χ1) is 19.4. The van der Waals surface area contributed by atoms with E-state index in [9.17, 15) is 40.5 Å². The van der Waals surface area contributed by atoms with Crippen LogP contribution in [0.2, 0.25) is 0 Å². The normalized spacial score (nSPS) is 55.9. The van der Waals surface area contributed by atoms with Gasteiger partial charge in [0.25, 0.3) is 0 Å². The quantitative estimate of drug-likeness (QED) is 0.167. The SMILES string of the molecule is CC12CCC3C(CCC4(OC5OC(CO)C(O)C(O)C5O)C5OC5CCC34O)C1(O)CC(O)C2c1ccc(=O)oc1. The van der Waals surface area contributed by atoms with Gasteiger partial charge >= 0.3 is 5.63 Å². The fourth-order valence-electron chi connectivity index (χ4n) is 9.87. The lowest BCUT2D eigenvalue weighted by molar-refractivity contribution is -0.372. The van der Waals surface area contributed by atoms with Gasteiger partial charge in [0.15, 0.2) is 6.29 Å². The van der Waals surface area contributed by atoms with E-state index in [0.717, 1.165) is 0 Å². The van der Waals surface area contributed by atoms with Gasteiger partial charge in [-0.15, -0.1) is 0 Å². The molecule has 2 aliphatic heterocycles. The number of aliphatic hydroxyl groups is 7. The van der Waals surface area contributed by atoms with Gasteiger partial charge in [-0.05, 0) is 62.0 Å². The lowest BCUT2D eigenvalue weighted by Gasteiger charge is -2.65. The van der Waals surface area contributed by atoms with Crippen LogP contribution in [0, 0.1) is 17.3 Å². The highest BCUT2D eigenvalue weighted by molar-refractivity contribution is 5.32. The van der Waals surface area contributed by atoms with Gasteiger partial charge in [-0.1, -0.05) is 6.92 Å². The van der Waals surface area contributed by atoms with E-state index in [2.05, 4.69) is 0 Å². The van der Waals surface area contributed by atoms with Gasteiger partial charge < -0.3 is 54.4 Å². The van der Waals surface area contributed by atoms with Crippen LogP contribution in [0.5, 0.6) is 0 Å². The highest BCUT2D eigenvalue weighted by atomic mass is 16.7. The molecule has 0 bridgehead atoms. The molecule has 7 rings (SSSR count). The minimum Gasteiger partial charge on any atom is -0.431 e. The largest absolute Gasteiger partial charge is 0.431 e. The monoisotopic (exact) mass is 580 g/mol. The summed E-state index contributed by atoms with van der Waals surface area (Å²) in [5.74, 6) is -1.28. The van der Waals surface area contributed by atoms with Crippen LogP contribution in [0.1, 0.15) is 63.4 Å². The van der Waals surface area contributed by atoms with Crippen LogP contribution in [0.25, 0.3) is 0 Å². The summed E-state index contributed by atoms with van der Waals surface area (Å²) in [4.78, 5) is 11.6. The molecular weight excluding hydrogens is 540 g/mol. The number of hydrogen-bond acceptors (Lipinski definition) is 12. The Bertz CT molecular complexity index is 1220. The highest BCUT2D eigenvalue weighted by Gasteiger charge is 2.78. The third-order valence-electron chi connectivity index (χ3n) is 11.9. The number of epoxide rings is 1. The zero-order chi connectivity index (χ0) is 29.1. The summed E-state index contributed by atoms with van der Waals surface area (Å²) in [6.45, 7) is 1.36. The lowest BCUT2D eigenvalue weighted by Crippen LogP contribution is -2.75. The molecule has 7 N–H and O–H groups in total. The van der Waals surface area contributed by atoms with Gasteiger partial charge in [0.1, 0.15) is 36.1 Å². The van der Waals surface area contributed by atoms with Crippen LogP contribution in [0.15, 0.2) is 27.6 Å². The van der Waals surface area contributed by atoms with Crippen LogP contribution in [-0.4, -0.2) is 108 Å². The van der Waals surface area contributed by atoms with Crippen molar-refractivity contribution in [1.82, 2.24) is 0 Å². The molecule has 4 aliphatic carbocycles. The predicted molar refractivity (Wildman–Crippen MR) is 137 cm³/mol. The van der Waals surface area contributed by atoms with Crippen molar-refractivity contribution in [3.63, 3.8) is 0 Å². The second-order valence-corrected chi connectivity index (χ2v) is 13.5. The smallest absolute Gasteiger partial charge is 0.335 e. The molecule has 1 aromatic rings. The maximum absolute atomic E-state index is 12.7. The first-order valence-electron chi connectivity index (χ1n) is 14.8. The minimum atomic E-state index is -1.63. The van der Waals surface area contributed by atoms with Crippen LogP contribution in [-0.2, 0) is 14.2 Å². The third-order valence-corrected chi connectivity index (χ3v) is 11.9. The Labute approximate surface area is 236 Å². The molecule has 41 heavy (non-hydrogen) atoms. The average molecular weight is 581 g/mol. The summed E-state index contributed by atoms with van der Waals surface area (Å²) in [7, 11) is 0. The third kappa shape index (κ3) is 3.66. The standard InChI is InChI=1S/C29H40O12/c1-26-7-4-14-15(28(26,37)10-16(31)20(26)13-2-3-19(32)38-12-13)5-9-29(24-17(39-24)6-8-27(14,29)36)41-25-23(35)22(34)21(33)18(11-30)40-25/h2-3,12,14-18,20-25,30-31,33-37H,4-11H2,1H3. The van der Waals surface area contributed by atoms with Crippen LogP contribution >= 0.6 is 0 Å². The molecule has 0 radical (unpaired) electrons. The summed E-state index contributed by atoms with van der Waals surface area (Å²) in [6.07, 6.45) is -4.79. The van der Waals surface area contributed by atoms with Gasteiger partial charge in [-0.3, -0.25) is 0 Å². The van der Waals surface area contributed by atoms with Crippen molar-refractivity contribution in [3.05, 3.63) is 34.4 Å². The van der Waals surface area contributed by atoms with E-state index in [4.69, 9.17) is 18.6 Å². The molecule has 228 valence electrons. The molecule has 4 saturated carbocycles. The van der Waals surface area contributed by atoms with Crippen LogP contribution in [0.3, 0.4) is 0 Å². The maximum Gasteiger partial charge on any atom is 0.335 e. The maximum atomic E-state index is 12.7. The highest BCUT2D eigenvalue weighted by Crippen LogP contribution is 2.71.